The molecule has 0 radical (unpaired) electrons. The van der Waals surface area contributed by atoms with E-state index in [1.165, 1.54) is 24.3 Å². The second-order valence-electron chi connectivity index (χ2n) is 16.0. The Balaban J connectivity index is 1.19. The normalized spacial score (nSPS) is 11.5. The summed E-state index contributed by atoms with van der Waals surface area (Å²) in [5.41, 5.74) is 8.16. The van der Waals surface area contributed by atoms with E-state index >= 15 is 17.6 Å². The van der Waals surface area contributed by atoms with Gasteiger partial charge in [0.2, 0.25) is 0 Å². The number of rotatable bonds is 8. The Hall–Kier alpha value is -7.44. The third kappa shape index (κ3) is 6.33. The molecule has 0 aromatic heterocycles. The summed E-state index contributed by atoms with van der Waals surface area (Å²) in [6.45, 7) is 7.74. The molecular formula is C56H40F4N2. The average molecular weight is 817 g/mol. The van der Waals surface area contributed by atoms with Gasteiger partial charge in [0.1, 0.15) is 23.3 Å². The molecule has 6 heteroatoms. The first kappa shape index (κ1) is 38.7. The molecule has 0 bridgehead atoms. The van der Waals surface area contributed by atoms with Crippen molar-refractivity contribution in [3.8, 4) is 22.3 Å². The number of hydrogen-bond donors (Lipinski definition) is 0. The predicted octanol–water partition coefficient (Wildman–Crippen LogP) is 16.6. The van der Waals surface area contributed by atoms with Crippen LogP contribution >= 0.6 is 0 Å². The van der Waals surface area contributed by atoms with E-state index in [2.05, 4.69) is 0 Å². The molecule has 0 saturated heterocycles. The van der Waals surface area contributed by atoms with Crippen molar-refractivity contribution >= 4 is 66.4 Å². The molecule has 0 atom stereocenters. The van der Waals surface area contributed by atoms with E-state index in [9.17, 15) is 0 Å². The van der Waals surface area contributed by atoms with E-state index in [0.717, 1.165) is 54.6 Å². The SMILES string of the molecule is Cc1cccc(-c2cc(F)c(N(c3ccccc3)c3ccc4ccc5c(N(c6ccccc6)c6cc(F)c(-c7cccc(C)c7C)cc6F)ccc6ccc3c4c65)cc2F)c1C. The van der Waals surface area contributed by atoms with E-state index in [1.54, 1.807) is 9.80 Å². The quantitative estimate of drug-likeness (QED) is 0.111. The Morgan fingerprint density at radius 3 is 1.11 bits per heavy atom. The minimum Gasteiger partial charge on any atom is -0.307 e. The maximum atomic E-state index is 16.8. The van der Waals surface area contributed by atoms with Gasteiger partial charge in [-0.05, 0) is 131 Å². The summed E-state index contributed by atoms with van der Waals surface area (Å²) < 4.78 is 66.4. The van der Waals surface area contributed by atoms with Gasteiger partial charge >= 0.3 is 0 Å². The molecule has 0 amide bonds. The molecule has 2 nitrogen and oxygen atoms in total. The monoisotopic (exact) mass is 816 g/mol. The van der Waals surface area contributed by atoms with Crippen molar-refractivity contribution in [2.24, 2.45) is 0 Å². The van der Waals surface area contributed by atoms with Crippen molar-refractivity contribution in [3.63, 3.8) is 0 Å². The van der Waals surface area contributed by atoms with Crippen molar-refractivity contribution in [2.45, 2.75) is 27.7 Å². The zero-order valence-electron chi connectivity index (χ0n) is 34.6. The lowest BCUT2D eigenvalue weighted by molar-refractivity contribution is 0.604. The van der Waals surface area contributed by atoms with Crippen molar-refractivity contribution in [1.82, 2.24) is 0 Å². The van der Waals surface area contributed by atoms with Crippen LogP contribution in [0.2, 0.25) is 0 Å². The van der Waals surface area contributed by atoms with Crippen LogP contribution in [0.15, 0.2) is 170 Å². The first-order valence-electron chi connectivity index (χ1n) is 20.6. The second kappa shape index (κ2) is 15.2. The van der Waals surface area contributed by atoms with Crippen LogP contribution in [0, 0.1) is 51.0 Å². The molecule has 10 aromatic rings. The minimum absolute atomic E-state index is 0.0653. The van der Waals surface area contributed by atoms with Crippen LogP contribution in [0.25, 0.3) is 54.6 Å². The lowest BCUT2D eigenvalue weighted by Gasteiger charge is -2.30. The van der Waals surface area contributed by atoms with Gasteiger partial charge in [-0.2, -0.15) is 0 Å². The maximum absolute atomic E-state index is 16.8. The smallest absolute Gasteiger partial charge is 0.148 e. The number of aryl methyl sites for hydroxylation is 2. The van der Waals surface area contributed by atoms with Crippen LogP contribution in [0.5, 0.6) is 0 Å². The molecule has 0 unspecified atom stereocenters. The summed E-state index contributed by atoms with van der Waals surface area (Å²) in [6, 6.07) is 51.1. The van der Waals surface area contributed by atoms with Crippen LogP contribution in [-0.2, 0) is 0 Å². The van der Waals surface area contributed by atoms with Gasteiger partial charge in [-0.1, -0.05) is 109 Å². The van der Waals surface area contributed by atoms with Gasteiger partial charge in [0, 0.05) is 45.4 Å². The molecule has 0 aliphatic rings. The molecule has 10 aromatic carbocycles. The Morgan fingerprint density at radius 1 is 0.323 bits per heavy atom. The highest BCUT2D eigenvalue weighted by Crippen LogP contribution is 2.49. The highest BCUT2D eigenvalue weighted by atomic mass is 19.1. The van der Waals surface area contributed by atoms with Crippen molar-refractivity contribution < 1.29 is 17.6 Å². The van der Waals surface area contributed by atoms with Gasteiger partial charge in [-0.3, -0.25) is 0 Å². The number of halogens is 4. The van der Waals surface area contributed by atoms with Crippen molar-refractivity contribution in [2.75, 3.05) is 9.80 Å². The molecule has 0 N–H and O–H groups in total. The first-order chi connectivity index (χ1) is 30.1. The number of nitrogens with zero attached hydrogens (tertiary/aromatic N) is 2. The largest absolute Gasteiger partial charge is 0.307 e. The van der Waals surface area contributed by atoms with Gasteiger partial charge in [0.25, 0.3) is 0 Å². The lowest BCUT2D eigenvalue weighted by atomic mass is 9.91. The van der Waals surface area contributed by atoms with Gasteiger partial charge in [0.05, 0.1) is 22.7 Å². The Bertz CT molecular complexity index is 3120. The molecule has 302 valence electrons. The molecule has 10 rings (SSSR count). The lowest BCUT2D eigenvalue weighted by Crippen LogP contribution is -2.14. The summed E-state index contributed by atoms with van der Waals surface area (Å²) in [4.78, 5) is 3.54. The molecule has 0 spiro atoms. The fourth-order valence-electron chi connectivity index (χ4n) is 9.04. The number of hydrogen-bond acceptors (Lipinski definition) is 2. The molecule has 0 saturated carbocycles. The van der Waals surface area contributed by atoms with Crippen LogP contribution in [0.4, 0.5) is 51.7 Å². The second-order valence-corrected chi connectivity index (χ2v) is 16.0. The third-order valence-electron chi connectivity index (χ3n) is 12.5. The van der Waals surface area contributed by atoms with Crippen LogP contribution < -0.4 is 9.80 Å². The summed E-state index contributed by atoms with van der Waals surface area (Å²) in [6.07, 6.45) is 0. The van der Waals surface area contributed by atoms with Crippen molar-refractivity contribution in [3.05, 3.63) is 215 Å². The van der Waals surface area contributed by atoms with Crippen LogP contribution in [0.1, 0.15) is 22.3 Å². The maximum Gasteiger partial charge on any atom is 0.148 e. The molecule has 0 fully saturated rings. The molecule has 62 heavy (non-hydrogen) atoms. The number of para-hydroxylation sites is 2. The first-order valence-corrected chi connectivity index (χ1v) is 20.6. The van der Waals surface area contributed by atoms with Crippen molar-refractivity contribution in [1.29, 1.82) is 0 Å². The minimum atomic E-state index is -0.574. The van der Waals surface area contributed by atoms with Gasteiger partial charge < -0.3 is 9.80 Å². The predicted molar refractivity (Wildman–Crippen MR) is 249 cm³/mol. The third-order valence-corrected chi connectivity index (χ3v) is 12.5. The standard InChI is InChI=1S/C56H40F4N2/c1-33-13-11-19-41(35(33)3)45-29-49(59)53(31-47(45)57)61(39-15-7-5-8-16-39)51-27-23-37-22-26-44-52(28-24-38-21-25-43(51)55(37)56(38)44)62(40-17-9-6-10-18-40)54-32-48(58)46(30-50(54)60)42-20-12-14-34(2)36(42)4/h5-32H,1-4H3. The molecule has 0 aliphatic heterocycles. The van der Waals surface area contributed by atoms with E-state index in [-0.39, 0.29) is 22.5 Å². The summed E-state index contributed by atoms with van der Waals surface area (Å²) >= 11 is 0. The van der Waals surface area contributed by atoms with E-state index < -0.39 is 23.3 Å². The van der Waals surface area contributed by atoms with Crippen LogP contribution in [-0.4, -0.2) is 0 Å². The summed E-state index contributed by atoms with van der Waals surface area (Å²) in [5, 5.41) is 5.29. The van der Waals surface area contributed by atoms with Gasteiger partial charge in [-0.15, -0.1) is 0 Å². The highest BCUT2D eigenvalue weighted by molar-refractivity contribution is 6.28. The van der Waals surface area contributed by atoms with E-state index in [0.29, 0.717) is 33.9 Å². The van der Waals surface area contributed by atoms with Gasteiger partial charge in [0.15, 0.2) is 0 Å². The fourth-order valence-corrected chi connectivity index (χ4v) is 9.04. The van der Waals surface area contributed by atoms with Crippen LogP contribution in [0.3, 0.4) is 0 Å². The highest BCUT2D eigenvalue weighted by Gasteiger charge is 2.26. The fraction of sp³-hybridized carbons (Fsp3) is 0.0714. The topological polar surface area (TPSA) is 6.48 Å². The molecular weight excluding hydrogens is 777 g/mol. The zero-order valence-corrected chi connectivity index (χ0v) is 34.6. The Kier molecular flexibility index (Phi) is 9.52. The molecule has 0 aliphatic carbocycles. The van der Waals surface area contributed by atoms with Gasteiger partial charge in [-0.25, -0.2) is 17.6 Å². The molecule has 0 heterocycles. The number of benzene rings is 10. The summed E-state index contributed by atoms with van der Waals surface area (Å²) in [5.74, 6) is -2.22. The average Bonchev–Trinajstić information content (AvgIpc) is 3.28. The zero-order chi connectivity index (χ0) is 42.8. The van der Waals surface area contributed by atoms with E-state index in [4.69, 9.17) is 0 Å². The summed E-state index contributed by atoms with van der Waals surface area (Å²) in [7, 11) is 0. The number of anilines is 6. The van der Waals surface area contributed by atoms with E-state index in [1.807, 2.05) is 173 Å². The Labute approximate surface area is 357 Å². The Morgan fingerprint density at radius 2 is 0.710 bits per heavy atom.